The number of hydrogen-bond acceptors (Lipinski definition) is 3. The van der Waals surface area contributed by atoms with Crippen LogP contribution in [-0.2, 0) is 9.53 Å². The minimum Gasteiger partial charge on any atom is -0.465 e. The molecule has 17 heavy (non-hydrogen) atoms. The van der Waals surface area contributed by atoms with Crippen LogP contribution in [0.3, 0.4) is 0 Å². The first-order valence-corrected chi connectivity index (χ1v) is 7.11. The maximum absolute atomic E-state index is 12.3. The Balaban J connectivity index is 2.04. The zero-order chi connectivity index (χ0) is 12.3. The molecular weight excluding hydrogens is 214 g/mol. The zero-order valence-corrected chi connectivity index (χ0v) is 11.1. The van der Waals surface area contributed by atoms with Crippen LogP contribution in [0.2, 0.25) is 0 Å². The van der Waals surface area contributed by atoms with Gasteiger partial charge in [-0.25, -0.2) is 0 Å². The van der Waals surface area contributed by atoms with Crippen LogP contribution in [-0.4, -0.2) is 24.7 Å². The fourth-order valence-corrected chi connectivity index (χ4v) is 2.89. The summed E-state index contributed by atoms with van der Waals surface area (Å²) in [5.41, 5.74) is -0.392. The van der Waals surface area contributed by atoms with Crippen molar-refractivity contribution in [1.82, 2.24) is 5.32 Å². The van der Waals surface area contributed by atoms with Crippen LogP contribution in [0.15, 0.2) is 0 Å². The van der Waals surface area contributed by atoms with E-state index in [-0.39, 0.29) is 5.97 Å². The fourth-order valence-electron chi connectivity index (χ4n) is 2.89. The molecule has 0 aromatic rings. The van der Waals surface area contributed by atoms with Crippen molar-refractivity contribution in [3.63, 3.8) is 0 Å². The van der Waals surface area contributed by atoms with Gasteiger partial charge in [0, 0.05) is 0 Å². The van der Waals surface area contributed by atoms with E-state index in [1.807, 2.05) is 6.92 Å². The van der Waals surface area contributed by atoms with Crippen molar-refractivity contribution in [2.24, 2.45) is 11.8 Å². The van der Waals surface area contributed by atoms with Crippen molar-refractivity contribution in [2.45, 2.75) is 57.9 Å². The van der Waals surface area contributed by atoms with Crippen LogP contribution in [0.5, 0.6) is 0 Å². The van der Waals surface area contributed by atoms with E-state index < -0.39 is 5.54 Å². The van der Waals surface area contributed by atoms with Gasteiger partial charge in [-0.2, -0.15) is 0 Å². The Morgan fingerprint density at radius 1 is 1.35 bits per heavy atom. The molecule has 3 nitrogen and oxygen atoms in total. The predicted octanol–water partition coefficient (Wildman–Crippen LogP) is 2.50. The molecule has 1 N–H and O–H groups in total. The van der Waals surface area contributed by atoms with Crippen molar-refractivity contribution < 1.29 is 9.53 Å². The molecule has 0 heterocycles. The number of rotatable bonds is 5. The number of hydrogen-bond donors (Lipinski definition) is 1. The third-order valence-corrected chi connectivity index (χ3v) is 4.34. The monoisotopic (exact) mass is 239 g/mol. The molecule has 0 spiro atoms. The van der Waals surface area contributed by atoms with Gasteiger partial charge in [0.15, 0.2) is 0 Å². The molecule has 2 aliphatic rings. The fraction of sp³-hybridized carbons (Fsp3) is 0.929. The SMILES string of the molecule is CCOC(=O)C1(NCC2CC2)CCCCC1C. The summed E-state index contributed by atoms with van der Waals surface area (Å²) in [5.74, 6) is 1.18. The highest BCUT2D eigenvalue weighted by molar-refractivity contribution is 5.81. The number of carbonyl (C=O) groups excluding carboxylic acids is 1. The van der Waals surface area contributed by atoms with Gasteiger partial charge < -0.3 is 10.1 Å². The summed E-state index contributed by atoms with van der Waals surface area (Å²) in [6.45, 7) is 5.55. The Hall–Kier alpha value is -0.570. The van der Waals surface area contributed by atoms with Crippen molar-refractivity contribution in [2.75, 3.05) is 13.2 Å². The van der Waals surface area contributed by atoms with Crippen molar-refractivity contribution >= 4 is 5.97 Å². The lowest BCUT2D eigenvalue weighted by molar-refractivity contribution is -0.155. The molecule has 2 unspecified atom stereocenters. The topological polar surface area (TPSA) is 38.3 Å². The van der Waals surface area contributed by atoms with Gasteiger partial charge in [-0.15, -0.1) is 0 Å². The number of carbonyl (C=O) groups is 1. The van der Waals surface area contributed by atoms with Crippen LogP contribution >= 0.6 is 0 Å². The molecule has 2 atom stereocenters. The maximum Gasteiger partial charge on any atom is 0.326 e. The van der Waals surface area contributed by atoms with Crippen LogP contribution < -0.4 is 5.32 Å². The standard InChI is InChI=1S/C14H25NO2/c1-3-17-13(16)14(15-10-12-7-8-12)9-5-4-6-11(14)2/h11-12,15H,3-10H2,1-2H3. The normalized spacial score (nSPS) is 33.4. The van der Waals surface area contributed by atoms with E-state index in [1.165, 1.54) is 19.3 Å². The van der Waals surface area contributed by atoms with Crippen molar-refractivity contribution in [3.8, 4) is 0 Å². The van der Waals surface area contributed by atoms with Gasteiger partial charge in [0.2, 0.25) is 0 Å². The predicted molar refractivity (Wildman–Crippen MR) is 67.7 cm³/mol. The van der Waals surface area contributed by atoms with Crippen LogP contribution in [0.4, 0.5) is 0 Å². The van der Waals surface area contributed by atoms with Gasteiger partial charge in [0.1, 0.15) is 5.54 Å². The third-order valence-electron chi connectivity index (χ3n) is 4.34. The van der Waals surface area contributed by atoms with Crippen molar-refractivity contribution in [3.05, 3.63) is 0 Å². The summed E-state index contributed by atoms with van der Waals surface area (Å²) in [5, 5.41) is 3.56. The first kappa shape index (κ1) is 12.9. The minimum absolute atomic E-state index is 0.0205. The third kappa shape index (κ3) is 2.82. The first-order valence-electron chi connectivity index (χ1n) is 7.11. The minimum atomic E-state index is -0.392. The molecule has 2 fully saturated rings. The summed E-state index contributed by atoms with van der Waals surface area (Å²) in [6, 6.07) is 0. The highest BCUT2D eigenvalue weighted by atomic mass is 16.5. The van der Waals surface area contributed by atoms with Gasteiger partial charge in [0.25, 0.3) is 0 Å². The summed E-state index contributed by atoms with van der Waals surface area (Å²) >= 11 is 0. The van der Waals surface area contributed by atoms with E-state index in [0.29, 0.717) is 12.5 Å². The van der Waals surface area contributed by atoms with E-state index >= 15 is 0 Å². The molecule has 0 bridgehead atoms. The Morgan fingerprint density at radius 3 is 2.71 bits per heavy atom. The number of ether oxygens (including phenoxy) is 1. The second-order valence-corrected chi connectivity index (χ2v) is 5.66. The lowest BCUT2D eigenvalue weighted by atomic mass is 9.73. The molecule has 0 aliphatic heterocycles. The molecule has 3 heteroatoms. The first-order chi connectivity index (χ1) is 8.19. The Kier molecular flexibility index (Phi) is 4.08. The molecule has 0 saturated heterocycles. The summed E-state index contributed by atoms with van der Waals surface area (Å²) in [4.78, 5) is 12.3. The maximum atomic E-state index is 12.3. The molecule has 0 aromatic carbocycles. The Labute approximate surface area is 104 Å². The van der Waals surface area contributed by atoms with E-state index in [2.05, 4.69) is 12.2 Å². The molecule has 0 aromatic heterocycles. The largest absolute Gasteiger partial charge is 0.465 e. The van der Waals surface area contributed by atoms with Gasteiger partial charge in [0.05, 0.1) is 6.61 Å². The van der Waals surface area contributed by atoms with Gasteiger partial charge >= 0.3 is 5.97 Å². The lowest BCUT2D eigenvalue weighted by Crippen LogP contribution is -2.59. The zero-order valence-electron chi connectivity index (χ0n) is 11.1. The lowest BCUT2D eigenvalue weighted by Gasteiger charge is -2.41. The number of nitrogens with one attached hydrogen (secondary N) is 1. The average Bonchev–Trinajstić information content (AvgIpc) is 3.12. The van der Waals surface area contributed by atoms with Gasteiger partial charge in [-0.05, 0) is 51.0 Å². The molecule has 0 amide bonds. The van der Waals surface area contributed by atoms with Gasteiger partial charge in [-0.3, -0.25) is 4.79 Å². The highest BCUT2D eigenvalue weighted by Crippen LogP contribution is 2.36. The van der Waals surface area contributed by atoms with E-state index in [0.717, 1.165) is 31.7 Å². The Bertz CT molecular complexity index is 275. The Morgan fingerprint density at radius 2 is 2.12 bits per heavy atom. The quantitative estimate of drug-likeness (QED) is 0.749. The van der Waals surface area contributed by atoms with E-state index in [1.54, 1.807) is 0 Å². The van der Waals surface area contributed by atoms with E-state index in [9.17, 15) is 4.79 Å². The molecule has 2 saturated carbocycles. The average molecular weight is 239 g/mol. The summed E-state index contributed by atoms with van der Waals surface area (Å²) < 4.78 is 5.31. The number of esters is 1. The van der Waals surface area contributed by atoms with E-state index in [4.69, 9.17) is 4.74 Å². The smallest absolute Gasteiger partial charge is 0.326 e. The molecule has 0 radical (unpaired) electrons. The van der Waals surface area contributed by atoms with Gasteiger partial charge in [-0.1, -0.05) is 19.8 Å². The summed E-state index contributed by atoms with van der Waals surface area (Å²) in [6.07, 6.45) is 7.10. The molecule has 98 valence electrons. The van der Waals surface area contributed by atoms with Crippen LogP contribution in [0, 0.1) is 11.8 Å². The van der Waals surface area contributed by atoms with Crippen molar-refractivity contribution in [1.29, 1.82) is 0 Å². The molecular formula is C14H25NO2. The second-order valence-electron chi connectivity index (χ2n) is 5.66. The van der Waals surface area contributed by atoms with Crippen LogP contribution in [0.25, 0.3) is 0 Å². The van der Waals surface area contributed by atoms with Crippen LogP contribution in [0.1, 0.15) is 52.4 Å². The highest BCUT2D eigenvalue weighted by Gasteiger charge is 2.46. The second kappa shape index (κ2) is 5.38. The molecule has 2 rings (SSSR count). The molecule has 2 aliphatic carbocycles. The summed E-state index contributed by atoms with van der Waals surface area (Å²) in [7, 11) is 0.